The number of halogens is 1. The molecule has 0 amide bonds. The number of rotatable bonds is 4. The van der Waals surface area contributed by atoms with E-state index in [-0.39, 0.29) is 12.4 Å². The van der Waals surface area contributed by atoms with E-state index in [1.165, 1.54) is 5.56 Å². The molecule has 1 aromatic heterocycles. The van der Waals surface area contributed by atoms with Crippen molar-refractivity contribution in [3.05, 3.63) is 66.2 Å². The lowest BCUT2D eigenvalue weighted by Gasteiger charge is -2.32. The van der Waals surface area contributed by atoms with Gasteiger partial charge < -0.3 is 0 Å². The highest BCUT2D eigenvalue weighted by atomic mass is 35.5. The maximum Gasteiger partial charge on any atom is 0.182 e. The molecule has 1 aliphatic heterocycles. The first-order valence-corrected chi connectivity index (χ1v) is 8.50. The first-order chi connectivity index (χ1) is 11.9. The van der Waals surface area contributed by atoms with Crippen molar-refractivity contribution >= 4 is 12.4 Å². The summed E-state index contributed by atoms with van der Waals surface area (Å²) in [5.74, 6) is 0.872. The Bertz CT molecular complexity index is 767. The van der Waals surface area contributed by atoms with Crippen molar-refractivity contribution in [1.82, 2.24) is 25.1 Å². The minimum atomic E-state index is 0. The summed E-state index contributed by atoms with van der Waals surface area (Å²) in [7, 11) is 0. The van der Waals surface area contributed by atoms with Crippen LogP contribution in [0.25, 0.3) is 11.4 Å². The molecule has 0 radical (unpaired) electrons. The smallest absolute Gasteiger partial charge is 0.182 e. The summed E-state index contributed by atoms with van der Waals surface area (Å²) >= 11 is 0. The second-order valence-electron chi connectivity index (χ2n) is 6.31. The van der Waals surface area contributed by atoms with Gasteiger partial charge in [0.1, 0.15) is 0 Å². The van der Waals surface area contributed by atoms with Gasteiger partial charge >= 0.3 is 0 Å². The van der Waals surface area contributed by atoms with Crippen LogP contribution in [-0.4, -0.2) is 38.2 Å². The zero-order valence-corrected chi connectivity index (χ0v) is 14.8. The van der Waals surface area contributed by atoms with Crippen molar-refractivity contribution in [2.45, 2.75) is 25.4 Å². The first kappa shape index (κ1) is 17.6. The van der Waals surface area contributed by atoms with Gasteiger partial charge in [0.25, 0.3) is 0 Å². The second-order valence-corrected chi connectivity index (χ2v) is 6.31. The number of aromatic nitrogens is 4. The van der Waals surface area contributed by atoms with Gasteiger partial charge in [0.15, 0.2) is 5.82 Å². The molecule has 1 aliphatic rings. The van der Waals surface area contributed by atoms with Crippen molar-refractivity contribution < 1.29 is 0 Å². The number of hydrogen-bond donors (Lipinski definition) is 0. The number of tetrazole rings is 1. The molecular formula is C19H22ClN5. The summed E-state index contributed by atoms with van der Waals surface area (Å²) in [6.07, 6.45) is 2.16. The predicted molar refractivity (Wildman–Crippen MR) is 100 cm³/mol. The van der Waals surface area contributed by atoms with Gasteiger partial charge in [0.05, 0.1) is 6.04 Å². The maximum absolute atomic E-state index is 4.26. The number of piperidine rings is 1. The van der Waals surface area contributed by atoms with Crippen LogP contribution in [-0.2, 0) is 6.54 Å². The topological polar surface area (TPSA) is 46.8 Å². The fraction of sp³-hybridized carbons (Fsp3) is 0.316. The lowest BCUT2D eigenvalue weighted by Crippen LogP contribution is -2.34. The van der Waals surface area contributed by atoms with Crippen LogP contribution < -0.4 is 0 Å². The van der Waals surface area contributed by atoms with E-state index < -0.39 is 0 Å². The fourth-order valence-electron chi connectivity index (χ4n) is 3.38. The van der Waals surface area contributed by atoms with Gasteiger partial charge in [-0.15, -0.1) is 17.5 Å². The Morgan fingerprint density at radius 3 is 2.20 bits per heavy atom. The van der Waals surface area contributed by atoms with Crippen LogP contribution in [0, 0.1) is 0 Å². The third kappa shape index (κ3) is 4.06. The molecule has 0 N–H and O–H groups in total. The standard InChI is InChI=1S/C19H21N5.ClH/c1-3-7-16(8-4-1)15-23-13-11-18(12-14-23)24-19(20-21-22-24)17-9-5-2-6-10-17;/h1-10,18H,11-15H2;1H. The van der Waals surface area contributed by atoms with Gasteiger partial charge in [-0.3, -0.25) is 4.90 Å². The Kier molecular flexibility index (Phi) is 5.79. The molecule has 2 aromatic carbocycles. The Hall–Kier alpha value is -2.24. The average molecular weight is 356 g/mol. The van der Waals surface area contributed by atoms with Gasteiger partial charge in [0, 0.05) is 25.2 Å². The van der Waals surface area contributed by atoms with Crippen molar-refractivity contribution in [3.8, 4) is 11.4 Å². The van der Waals surface area contributed by atoms with Crippen LogP contribution in [0.15, 0.2) is 60.7 Å². The zero-order chi connectivity index (χ0) is 16.2. The van der Waals surface area contributed by atoms with Crippen LogP contribution in [0.5, 0.6) is 0 Å². The molecule has 4 rings (SSSR count). The third-order valence-electron chi connectivity index (χ3n) is 4.68. The highest BCUT2D eigenvalue weighted by Crippen LogP contribution is 2.27. The molecule has 1 fully saturated rings. The Morgan fingerprint density at radius 1 is 0.880 bits per heavy atom. The molecule has 1 saturated heterocycles. The molecule has 130 valence electrons. The number of benzene rings is 2. The van der Waals surface area contributed by atoms with Crippen LogP contribution in [0.3, 0.4) is 0 Å². The Labute approximate surface area is 154 Å². The van der Waals surface area contributed by atoms with Gasteiger partial charge in [-0.25, -0.2) is 4.68 Å². The average Bonchev–Trinajstić information content (AvgIpc) is 3.14. The van der Waals surface area contributed by atoms with E-state index in [1.54, 1.807) is 0 Å². The van der Waals surface area contributed by atoms with Gasteiger partial charge in [-0.2, -0.15) is 0 Å². The van der Waals surface area contributed by atoms with Crippen LogP contribution in [0.1, 0.15) is 24.4 Å². The molecule has 2 heterocycles. The first-order valence-electron chi connectivity index (χ1n) is 8.50. The van der Waals surface area contributed by atoms with E-state index in [0.717, 1.165) is 43.9 Å². The Balaban J connectivity index is 0.00000182. The molecule has 25 heavy (non-hydrogen) atoms. The summed E-state index contributed by atoms with van der Waals surface area (Å²) in [6, 6.07) is 21.2. The molecule has 5 nitrogen and oxygen atoms in total. The molecule has 3 aromatic rings. The molecule has 6 heteroatoms. The molecule has 0 saturated carbocycles. The van der Waals surface area contributed by atoms with Crippen molar-refractivity contribution in [2.75, 3.05) is 13.1 Å². The molecule has 0 atom stereocenters. The van der Waals surface area contributed by atoms with E-state index in [2.05, 4.69) is 62.9 Å². The summed E-state index contributed by atoms with van der Waals surface area (Å²) < 4.78 is 2.01. The van der Waals surface area contributed by atoms with Gasteiger partial charge in [-0.05, 0) is 28.8 Å². The minimum Gasteiger partial charge on any atom is -0.299 e. The lowest BCUT2D eigenvalue weighted by molar-refractivity contribution is 0.173. The predicted octanol–water partition coefficient (Wildman–Crippen LogP) is 3.60. The number of hydrogen-bond acceptors (Lipinski definition) is 4. The SMILES string of the molecule is Cl.c1ccc(CN2CCC(n3nnnc3-c3ccccc3)CC2)cc1. The summed E-state index contributed by atoms with van der Waals surface area (Å²) in [6.45, 7) is 3.18. The highest BCUT2D eigenvalue weighted by molar-refractivity contribution is 5.85. The minimum absolute atomic E-state index is 0. The largest absolute Gasteiger partial charge is 0.299 e. The molecular weight excluding hydrogens is 334 g/mol. The highest BCUT2D eigenvalue weighted by Gasteiger charge is 2.24. The van der Waals surface area contributed by atoms with Crippen molar-refractivity contribution in [2.24, 2.45) is 0 Å². The lowest BCUT2D eigenvalue weighted by atomic mass is 10.0. The van der Waals surface area contributed by atoms with Crippen LogP contribution >= 0.6 is 12.4 Å². The second kappa shape index (κ2) is 8.23. The number of likely N-dealkylation sites (tertiary alicyclic amines) is 1. The molecule has 0 bridgehead atoms. The van der Waals surface area contributed by atoms with E-state index in [1.807, 2.05) is 22.9 Å². The van der Waals surface area contributed by atoms with E-state index in [4.69, 9.17) is 0 Å². The summed E-state index contributed by atoms with van der Waals surface area (Å²) in [5, 5.41) is 12.4. The van der Waals surface area contributed by atoms with Crippen LogP contribution in [0.4, 0.5) is 0 Å². The van der Waals surface area contributed by atoms with Crippen molar-refractivity contribution in [3.63, 3.8) is 0 Å². The van der Waals surface area contributed by atoms with Crippen molar-refractivity contribution in [1.29, 1.82) is 0 Å². The van der Waals surface area contributed by atoms with E-state index in [9.17, 15) is 0 Å². The normalized spacial score (nSPS) is 15.7. The van der Waals surface area contributed by atoms with E-state index in [0.29, 0.717) is 6.04 Å². The summed E-state index contributed by atoms with van der Waals surface area (Å²) in [5.41, 5.74) is 2.46. The van der Waals surface area contributed by atoms with Gasteiger partial charge in [0.2, 0.25) is 0 Å². The Morgan fingerprint density at radius 2 is 1.52 bits per heavy atom. The third-order valence-corrected chi connectivity index (χ3v) is 4.68. The molecule has 0 aliphatic carbocycles. The summed E-state index contributed by atoms with van der Waals surface area (Å²) in [4.78, 5) is 2.51. The molecule has 0 unspecified atom stereocenters. The molecule has 0 spiro atoms. The monoisotopic (exact) mass is 355 g/mol. The fourth-order valence-corrected chi connectivity index (χ4v) is 3.38. The zero-order valence-electron chi connectivity index (χ0n) is 14.0. The number of nitrogens with zero attached hydrogens (tertiary/aromatic N) is 5. The maximum atomic E-state index is 4.26. The van der Waals surface area contributed by atoms with E-state index >= 15 is 0 Å². The quantitative estimate of drug-likeness (QED) is 0.717. The van der Waals surface area contributed by atoms with Gasteiger partial charge in [-0.1, -0.05) is 60.7 Å². The van der Waals surface area contributed by atoms with Crippen LogP contribution in [0.2, 0.25) is 0 Å².